The summed E-state index contributed by atoms with van der Waals surface area (Å²) in [6, 6.07) is 23.1. The summed E-state index contributed by atoms with van der Waals surface area (Å²) in [6.07, 6.45) is -1.00. The Hall–Kier alpha value is -3.80. The van der Waals surface area contributed by atoms with Crippen molar-refractivity contribution in [3.8, 4) is 22.3 Å². The van der Waals surface area contributed by atoms with Gasteiger partial charge in [-0.3, -0.25) is 10.6 Å². The molecule has 0 unspecified atom stereocenters. The fourth-order valence-corrected chi connectivity index (χ4v) is 3.34. The van der Waals surface area contributed by atoms with E-state index in [4.69, 9.17) is 9.47 Å². The molecule has 0 aliphatic rings. The molecule has 3 rings (SSSR count). The van der Waals surface area contributed by atoms with E-state index in [2.05, 4.69) is 10.6 Å². The number of rotatable bonds is 4. The highest BCUT2D eigenvalue weighted by atomic mass is 16.6. The van der Waals surface area contributed by atoms with E-state index in [0.29, 0.717) is 11.4 Å². The average molecular weight is 461 g/mol. The van der Waals surface area contributed by atoms with E-state index in [1.165, 1.54) is 0 Å². The zero-order valence-corrected chi connectivity index (χ0v) is 20.6. The first kappa shape index (κ1) is 24.8. The van der Waals surface area contributed by atoms with Crippen molar-refractivity contribution in [2.45, 2.75) is 52.7 Å². The van der Waals surface area contributed by atoms with Gasteiger partial charge in [-0.15, -0.1) is 0 Å². The molecule has 2 amide bonds. The molecule has 3 aromatic rings. The van der Waals surface area contributed by atoms with Gasteiger partial charge in [-0.05, 0) is 64.8 Å². The largest absolute Gasteiger partial charge is 0.444 e. The molecule has 6 heteroatoms. The highest BCUT2D eigenvalue weighted by Crippen LogP contribution is 2.33. The minimum Gasteiger partial charge on any atom is -0.444 e. The summed E-state index contributed by atoms with van der Waals surface area (Å²) in [4.78, 5) is 24.6. The molecule has 34 heavy (non-hydrogen) atoms. The lowest BCUT2D eigenvalue weighted by molar-refractivity contribution is 0.0624. The van der Waals surface area contributed by atoms with Crippen molar-refractivity contribution >= 4 is 23.6 Å². The Labute approximate surface area is 201 Å². The fourth-order valence-electron chi connectivity index (χ4n) is 3.34. The second kappa shape index (κ2) is 10.00. The molecule has 2 N–H and O–H groups in total. The lowest BCUT2D eigenvalue weighted by Crippen LogP contribution is -2.27. The smallest absolute Gasteiger partial charge is 0.412 e. The van der Waals surface area contributed by atoms with Crippen LogP contribution in [0.3, 0.4) is 0 Å². The normalized spacial score (nSPS) is 11.5. The molecule has 0 aliphatic heterocycles. The van der Waals surface area contributed by atoms with Crippen LogP contribution in [0.15, 0.2) is 72.8 Å². The van der Waals surface area contributed by atoms with Gasteiger partial charge in [0.05, 0.1) is 11.4 Å². The molecule has 0 saturated carbocycles. The molecule has 0 atom stereocenters. The SMILES string of the molecule is CC(C)(C)OC(=O)Nc1ccccc1-c1ccc(-c2ccccc2NC(=O)OC(C)(C)C)cc1. The maximum Gasteiger partial charge on any atom is 0.412 e. The van der Waals surface area contributed by atoms with Crippen LogP contribution < -0.4 is 10.6 Å². The fraction of sp³-hybridized carbons (Fsp3) is 0.286. The number of nitrogens with one attached hydrogen (secondary N) is 2. The molecule has 6 nitrogen and oxygen atoms in total. The molecule has 178 valence electrons. The Balaban J connectivity index is 1.84. The zero-order chi connectivity index (χ0) is 24.9. The minimum absolute atomic E-state index is 0.501. The molecule has 0 saturated heterocycles. The van der Waals surface area contributed by atoms with E-state index in [9.17, 15) is 9.59 Å². The summed E-state index contributed by atoms with van der Waals surface area (Å²) in [5, 5.41) is 5.68. The highest BCUT2D eigenvalue weighted by Gasteiger charge is 2.19. The predicted molar refractivity (Wildman–Crippen MR) is 137 cm³/mol. The maximum atomic E-state index is 12.3. The molecular weight excluding hydrogens is 428 g/mol. The van der Waals surface area contributed by atoms with Gasteiger partial charge in [0.25, 0.3) is 0 Å². The second-order valence-electron chi connectivity index (χ2n) is 9.92. The Kier molecular flexibility index (Phi) is 7.30. The number of para-hydroxylation sites is 2. The Morgan fingerprint density at radius 3 is 1.21 bits per heavy atom. The summed E-state index contributed by atoms with van der Waals surface area (Å²) < 4.78 is 10.8. The van der Waals surface area contributed by atoms with Gasteiger partial charge in [0.2, 0.25) is 0 Å². The summed E-state index contributed by atoms with van der Waals surface area (Å²) >= 11 is 0. The van der Waals surface area contributed by atoms with E-state index in [-0.39, 0.29) is 0 Å². The predicted octanol–water partition coefficient (Wildman–Crippen LogP) is 7.71. The van der Waals surface area contributed by atoms with Crippen LogP contribution >= 0.6 is 0 Å². The van der Waals surface area contributed by atoms with E-state index in [1.807, 2.05) is 114 Å². The third-order valence-electron chi connectivity index (χ3n) is 4.63. The number of carbonyl (C=O) groups is 2. The van der Waals surface area contributed by atoms with Crippen molar-refractivity contribution in [2.75, 3.05) is 10.6 Å². The number of carbonyl (C=O) groups excluding carboxylic acids is 2. The van der Waals surface area contributed by atoms with Crippen molar-refractivity contribution in [1.82, 2.24) is 0 Å². The first-order chi connectivity index (χ1) is 15.9. The van der Waals surface area contributed by atoms with E-state index < -0.39 is 23.4 Å². The lowest BCUT2D eigenvalue weighted by atomic mass is 9.98. The summed E-state index contributed by atoms with van der Waals surface area (Å²) in [5.41, 5.74) is 3.79. The number of anilines is 2. The van der Waals surface area contributed by atoms with Crippen LogP contribution in [-0.4, -0.2) is 23.4 Å². The van der Waals surface area contributed by atoms with Crippen molar-refractivity contribution in [3.05, 3.63) is 72.8 Å². The Morgan fingerprint density at radius 1 is 0.559 bits per heavy atom. The van der Waals surface area contributed by atoms with Crippen molar-refractivity contribution in [2.24, 2.45) is 0 Å². The van der Waals surface area contributed by atoms with Crippen molar-refractivity contribution in [1.29, 1.82) is 0 Å². The van der Waals surface area contributed by atoms with Gasteiger partial charge in [0.1, 0.15) is 11.2 Å². The molecule has 0 aliphatic carbocycles. The number of amides is 2. The van der Waals surface area contributed by atoms with Gasteiger partial charge in [-0.25, -0.2) is 9.59 Å². The topological polar surface area (TPSA) is 76.7 Å². The van der Waals surface area contributed by atoms with Crippen molar-refractivity contribution < 1.29 is 19.1 Å². The Morgan fingerprint density at radius 2 is 0.882 bits per heavy atom. The maximum absolute atomic E-state index is 12.3. The first-order valence-corrected chi connectivity index (χ1v) is 11.2. The molecular formula is C28H32N2O4. The van der Waals surface area contributed by atoms with Crippen LogP contribution in [0.5, 0.6) is 0 Å². The molecule has 0 aromatic heterocycles. The molecule has 0 spiro atoms. The summed E-state index contributed by atoms with van der Waals surface area (Å²) in [5.74, 6) is 0. The van der Waals surface area contributed by atoms with Gasteiger partial charge < -0.3 is 9.47 Å². The monoisotopic (exact) mass is 460 g/mol. The number of hydrogen-bond acceptors (Lipinski definition) is 4. The van der Waals surface area contributed by atoms with Gasteiger partial charge in [0.15, 0.2) is 0 Å². The molecule has 3 aromatic carbocycles. The minimum atomic E-state index is -0.582. The molecule has 0 radical (unpaired) electrons. The van der Waals surface area contributed by atoms with Gasteiger partial charge >= 0.3 is 12.2 Å². The van der Waals surface area contributed by atoms with Crippen LogP contribution in [-0.2, 0) is 9.47 Å². The standard InChI is InChI=1S/C28H32N2O4/c1-27(2,3)33-25(31)29-23-13-9-7-11-21(23)19-15-17-20(18-16-19)22-12-8-10-14-24(22)30-26(32)34-28(4,5)6/h7-18H,1-6H3,(H,29,31)(H,30,32). The highest BCUT2D eigenvalue weighted by molar-refractivity contribution is 5.93. The van der Waals surface area contributed by atoms with Gasteiger partial charge in [-0.1, -0.05) is 60.7 Å². The van der Waals surface area contributed by atoms with Gasteiger partial charge in [-0.2, -0.15) is 0 Å². The van der Waals surface area contributed by atoms with E-state index >= 15 is 0 Å². The summed E-state index contributed by atoms with van der Waals surface area (Å²) in [7, 11) is 0. The Bertz CT molecular complexity index is 1060. The van der Waals surface area contributed by atoms with Crippen LogP contribution in [0, 0.1) is 0 Å². The third-order valence-corrected chi connectivity index (χ3v) is 4.63. The number of benzene rings is 3. The van der Waals surface area contributed by atoms with Crippen LogP contribution in [0.2, 0.25) is 0 Å². The third kappa shape index (κ3) is 7.10. The van der Waals surface area contributed by atoms with Crippen LogP contribution in [0.25, 0.3) is 22.3 Å². The molecule has 0 heterocycles. The first-order valence-electron chi connectivity index (χ1n) is 11.2. The van der Waals surface area contributed by atoms with Gasteiger partial charge in [0, 0.05) is 11.1 Å². The van der Waals surface area contributed by atoms with E-state index in [1.54, 1.807) is 0 Å². The van der Waals surface area contributed by atoms with E-state index in [0.717, 1.165) is 22.3 Å². The van der Waals surface area contributed by atoms with Crippen LogP contribution in [0.1, 0.15) is 41.5 Å². The molecule has 0 fully saturated rings. The second-order valence-corrected chi connectivity index (χ2v) is 9.92. The van der Waals surface area contributed by atoms with Crippen molar-refractivity contribution in [3.63, 3.8) is 0 Å². The average Bonchev–Trinajstić information content (AvgIpc) is 2.72. The quantitative estimate of drug-likeness (QED) is 0.418. The van der Waals surface area contributed by atoms with Crippen LogP contribution in [0.4, 0.5) is 21.0 Å². The summed E-state index contributed by atoms with van der Waals surface area (Å²) in [6.45, 7) is 11.0. The lowest BCUT2D eigenvalue weighted by Gasteiger charge is -2.21. The number of hydrogen-bond donors (Lipinski definition) is 2. The number of ether oxygens (including phenoxy) is 2. The zero-order valence-electron chi connectivity index (χ0n) is 20.6. The molecule has 0 bridgehead atoms.